The topological polar surface area (TPSA) is 89.0 Å². The van der Waals surface area contributed by atoms with Gasteiger partial charge in [-0.25, -0.2) is 14.4 Å². The molecule has 1 aliphatic rings. The third-order valence-corrected chi connectivity index (χ3v) is 4.31. The molecule has 150 valence electrons. The maximum Gasteiger partial charge on any atom is 0.416 e. The van der Waals surface area contributed by atoms with Crippen LogP contribution in [0.1, 0.15) is 11.3 Å². The standard InChI is InChI=1S/C15H13Cl2F3N6O2/c1-24(2)14(27)25-6-28-23-13(25)10-5-11(21)26(22-10)12-8(16)3-7(4-9(12)17)15(18,19)20/h3-5H,6,21H2,1-2H3. The van der Waals surface area contributed by atoms with Crippen LogP contribution >= 0.6 is 23.2 Å². The highest BCUT2D eigenvalue weighted by Crippen LogP contribution is 2.38. The monoisotopic (exact) mass is 436 g/mol. The SMILES string of the molecule is CN(C)C(=O)N1CON=C1c1cc(N)n(-c2c(Cl)cc(C(F)(F)F)cc2Cl)n1. The fourth-order valence-corrected chi connectivity index (χ4v) is 3.09. The molecule has 0 aliphatic carbocycles. The number of anilines is 1. The van der Waals surface area contributed by atoms with E-state index in [1.807, 2.05) is 0 Å². The molecule has 2 amide bonds. The van der Waals surface area contributed by atoms with Crippen molar-refractivity contribution in [2.75, 3.05) is 26.6 Å². The van der Waals surface area contributed by atoms with Gasteiger partial charge >= 0.3 is 12.2 Å². The Bertz CT molecular complexity index is 950. The fraction of sp³-hybridized carbons (Fsp3) is 0.267. The van der Waals surface area contributed by atoms with Gasteiger partial charge in [-0.1, -0.05) is 28.4 Å². The van der Waals surface area contributed by atoms with E-state index in [9.17, 15) is 18.0 Å². The molecule has 0 bridgehead atoms. The number of nitrogen functional groups attached to an aromatic ring is 1. The second-order valence-electron chi connectivity index (χ2n) is 5.93. The number of oxime groups is 1. The van der Waals surface area contributed by atoms with Crippen molar-refractivity contribution in [2.24, 2.45) is 5.16 Å². The summed E-state index contributed by atoms with van der Waals surface area (Å²) in [6, 6.07) is 2.41. The summed E-state index contributed by atoms with van der Waals surface area (Å²) in [4.78, 5) is 19.7. The Morgan fingerprint density at radius 3 is 2.39 bits per heavy atom. The Morgan fingerprint density at radius 1 is 1.25 bits per heavy atom. The van der Waals surface area contributed by atoms with Gasteiger partial charge in [-0.05, 0) is 12.1 Å². The van der Waals surface area contributed by atoms with Gasteiger partial charge in [-0.2, -0.15) is 18.3 Å². The molecule has 0 fully saturated rings. The number of hydrogen-bond donors (Lipinski definition) is 1. The maximum atomic E-state index is 12.9. The Labute approximate surface area is 166 Å². The van der Waals surface area contributed by atoms with Crippen molar-refractivity contribution in [1.29, 1.82) is 0 Å². The zero-order valence-electron chi connectivity index (χ0n) is 14.5. The predicted molar refractivity (Wildman–Crippen MR) is 96.4 cm³/mol. The second-order valence-corrected chi connectivity index (χ2v) is 6.75. The molecule has 1 aromatic heterocycles. The number of alkyl halides is 3. The van der Waals surface area contributed by atoms with E-state index in [2.05, 4.69) is 10.3 Å². The lowest BCUT2D eigenvalue weighted by atomic mass is 10.2. The number of benzene rings is 1. The number of carbonyl (C=O) groups excluding carboxylic acids is 1. The van der Waals surface area contributed by atoms with Crippen LogP contribution in [0.4, 0.5) is 23.8 Å². The highest BCUT2D eigenvalue weighted by atomic mass is 35.5. The number of amidine groups is 1. The Morgan fingerprint density at radius 2 is 1.86 bits per heavy atom. The summed E-state index contributed by atoms with van der Waals surface area (Å²) in [6.45, 7) is -0.124. The van der Waals surface area contributed by atoms with Crippen LogP contribution < -0.4 is 5.73 Å². The van der Waals surface area contributed by atoms with Crippen LogP contribution in [0, 0.1) is 0 Å². The molecule has 0 spiro atoms. The van der Waals surface area contributed by atoms with Crippen LogP contribution in [0.3, 0.4) is 0 Å². The van der Waals surface area contributed by atoms with Gasteiger partial charge < -0.3 is 15.5 Å². The lowest BCUT2D eigenvalue weighted by molar-refractivity contribution is -0.137. The van der Waals surface area contributed by atoms with Crippen LogP contribution in [0.15, 0.2) is 23.4 Å². The summed E-state index contributed by atoms with van der Waals surface area (Å²) in [5, 5.41) is 7.37. The van der Waals surface area contributed by atoms with E-state index in [0.717, 1.165) is 16.8 Å². The minimum Gasteiger partial charge on any atom is -0.384 e. The van der Waals surface area contributed by atoms with E-state index >= 15 is 0 Å². The largest absolute Gasteiger partial charge is 0.416 e. The molecule has 0 saturated carbocycles. The van der Waals surface area contributed by atoms with Crippen LogP contribution in [-0.4, -0.2) is 52.3 Å². The van der Waals surface area contributed by atoms with Gasteiger partial charge in [0.05, 0.1) is 15.6 Å². The van der Waals surface area contributed by atoms with E-state index in [1.54, 1.807) is 14.1 Å². The average Bonchev–Trinajstić information content (AvgIpc) is 3.19. The lowest BCUT2D eigenvalue weighted by Gasteiger charge is -2.19. The average molecular weight is 437 g/mol. The van der Waals surface area contributed by atoms with E-state index in [-0.39, 0.29) is 39.8 Å². The molecule has 3 rings (SSSR count). The summed E-state index contributed by atoms with van der Waals surface area (Å²) < 4.78 is 39.8. The van der Waals surface area contributed by atoms with E-state index in [1.165, 1.54) is 15.9 Å². The van der Waals surface area contributed by atoms with Crippen molar-refractivity contribution in [1.82, 2.24) is 19.6 Å². The number of aromatic nitrogens is 2. The van der Waals surface area contributed by atoms with Crippen molar-refractivity contribution in [3.8, 4) is 5.69 Å². The molecular formula is C15H13Cl2F3N6O2. The Hall–Kier alpha value is -2.66. The van der Waals surface area contributed by atoms with Crippen LogP contribution in [0.5, 0.6) is 0 Å². The molecule has 2 N–H and O–H groups in total. The third-order valence-electron chi connectivity index (χ3n) is 3.73. The third kappa shape index (κ3) is 3.54. The quantitative estimate of drug-likeness (QED) is 0.780. The van der Waals surface area contributed by atoms with Gasteiger partial charge in [0.2, 0.25) is 5.84 Å². The number of hydrogen-bond acceptors (Lipinski definition) is 5. The zero-order chi connectivity index (χ0) is 20.8. The van der Waals surface area contributed by atoms with Crippen molar-refractivity contribution >= 4 is 40.9 Å². The number of rotatable bonds is 2. The van der Waals surface area contributed by atoms with Gasteiger partial charge in [0.25, 0.3) is 0 Å². The predicted octanol–water partition coefficient (Wildman–Crippen LogP) is 3.41. The van der Waals surface area contributed by atoms with Gasteiger partial charge in [0.1, 0.15) is 17.2 Å². The van der Waals surface area contributed by atoms with Gasteiger partial charge in [-0.15, -0.1) is 0 Å². The summed E-state index contributed by atoms with van der Waals surface area (Å²) in [5.41, 5.74) is 5.04. The fourth-order valence-electron chi connectivity index (χ4n) is 2.45. The van der Waals surface area contributed by atoms with E-state index in [4.69, 9.17) is 33.8 Å². The van der Waals surface area contributed by atoms with Crippen LogP contribution in [0.25, 0.3) is 5.69 Å². The number of carbonyl (C=O) groups is 1. The van der Waals surface area contributed by atoms with Gasteiger partial charge in [0.15, 0.2) is 6.73 Å². The minimum atomic E-state index is -4.62. The molecule has 0 atom stereocenters. The van der Waals surface area contributed by atoms with Gasteiger partial charge in [-0.3, -0.25) is 0 Å². The summed E-state index contributed by atoms with van der Waals surface area (Å²) >= 11 is 12.0. The van der Waals surface area contributed by atoms with Crippen LogP contribution in [-0.2, 0) is 11.0 Å². The summed E-state index contributed by atoms with van der Waals surface area (Å²) in [6.07, 6.45) is -4.62. The van der Waals surface area contributed by atoms with Gasteiger partial charge in [0, 0.05) is 20.2 Å². The molecule has 0 radical (unpaired) electrons. The first-order valence-corrected chi connectivity index (χ1v) is 8.37. The van der Waals surface area contributed by atoms with Crippen LogP contribution in [0.2, 0.25) is 10.0 Å². The first-order chi connectivity index (χ1) is 13.0. The number of nitrogens with zero attached hydrogens (tertiary/aromatic N) is 5. The molecule has 2 heterocycles. The van der Waals surface area contributed by atoms with Crippen molar-refractivity contribution in [2.45, 2.75) is 6.18 Å². The minimum absolute atomic E-state index is 0.0189. The smallest absolute Gasteiger partial charge is 0.384 e. The lowest BCUT2D eigenvalue weighted by Crippen LogP contribution is -2.41. The molecule has 13 heteroatoms. The summed E-state index contributed by atoms with van der Waals surface area (Å²) in [5.74, 6) is 0.105. The molecule has 28 heavy (non-hydrogen) atoms. The molecular weight excluding hydrogens is 424 g/mol. The Kier molecular flexibility index (Phi) is 5.06. The number of urea groups is 1. The molecule has 0 unspecified atom stereocenters. The number of nitrogens with two attached hydrogens (primary N) is 1. The molecule has 1 aliphatic heterocycles. The molecule has 1 aromatic carbocycles. The molecule has 0 saturated heterocycles. The van der Waals surface area contributed by atoms with E-state index in [0.29, 0.717) is 0 Å². The normalized spacial score (nSPS) is 14.1. The highest BCUT2D eigenvalue weighted by molar-refractivity contribution is 6.38. The second kappa shape index (κ2) is 7.06. The van der Waals surface area contributed by atoms with Crippen molar-refractivity contribution in [3.63, 3.8) is 0 Å². The van der Waals surface area contributed by atoms with Crippen molar-refractivity contribution < 1.29 is 22.8 Å². The van der Waals surface area contributed by atoms with Crippen molar-refractivity contribution in [3.05, 3.63) is 39.5 Å². The summed E-state index contributed by atoms with van der Waals surface area (Å²) in [7, 11) is 3.10. The zero-order valence-corrected chi connectivity index (χ0v) is 16.0. The first kappa shape index (κ1) is 20.1. The molecule has 8 nitrogen and oxygen atoms in total. The molecule has 2 aromatic rings. The number of halogens is 5. The first-order valence-electron chi connectivity index (χ1n) is 7.62. The van der Waals surface area contributed by atoms with E-state index < -0.39 is 17.8 Å². The maximum absolute atomic E-state index is 12.9. The number of amides is 2. The Balaban J connectivity index is 2.03. The highest BCUT2D eigenvalue weighted by Gasteiger charge is 2.33.